The number of nitrogens with one attached hydrogen (secondary N) is 1. The summed E-state index contributed by atoms with van der Waals surface area (Å²) >= 11 is 1.19. The molecule has 1 aromatic heterocycles. The van der Waals surface area contributed by atoms with Crippen molar-refractivity contribution in [2.45, 2.75) is 20.5 Å². The second-order valence-corrected chi connectivity index (χ2v) is 5.14. The largest absolute Gasteiger partial charge is 0.456 e. The molecule has 5 nitrogen and oxygen atoms in total. The topological polar surface area (TPSA) is 68.3 Å². The minimum absolute atomic E-state index is 0.200. The van der Waals surface area contributed by atoms with E-state index in [9.17, 15) is 9.59 Å². The van der Waals surface area contributed by atoms with Gasteiger partial charge in [-0.05, 0) is 12.5 Å². The molecule has 104 valence electrons. The summed E-state index contributed by atoms with van der Waals surface area (Å²) in [5, 5.41) is 4.47. The number of amides is 1. The average Bonchev–Trinajstić information content (AvgIpc) is 2.85. The lowest BCUT2D eigenvalue weighted by Gasteiger charge is -2.03. The highest BCUT2D eigenvalue weighted by Gasteiger charge is 2.12. The third-order valence-corrected chi connectivity index (χ3v) is 3.24. The van der Waals surface area contributed by atoms with Gasteiger partial charge in [0, 0.05) is 12.3 Å². The third kappa shape index (κ3) is 3.89. The molecule has 6 heteroatoms. The fourth-order valence-corrected chi connectivity index (χ4v) is 2.21. The maximum Gasteiger partial charge on any atom is 0.358 e. The number of hydrogen-bond donors (Lipinski definition) is 1. The molecule has 1 amide bonds. The minimum Gasteiger partial charge on any atom is -0.456 e. The second-order valence-electron chi connectivity index (χ2n) is 4.28. The van der Waals surface area contributed by atoms with Crippen LogP contribution >= 0.6 is 11.3 Å². The van der Waals surface area contributed by atoms with Crippen LogP contribution in [0.3, 0.4) is 0 Å². The summed E-state index contributed by atoms with van der Waals surface area (Å²) in [6.45, 7) is 3.58. The first kappa shape index (κ1) is 14.2. The van der Waals surface area contributed by atoms with E-state index >= 15 is 0 Å². The zero-order valence-electron chi connectivity index (χ0n) is 11.2. The molecule has 0 radical (unpaired) electrons. The Balaban J connectivity index is 1.93. The molecule has 0 unspecified atom stereocenters. The first-order valence-corrected chi connectivity index (χ1v) is 6.88. The molecule has 1 aromatic carbocycles. The van der Waals surface area contributed by atoms with Gasteiger partial charge in [0.15, 0.2) is 10.8 Å². The van der Waals surface area contributed by atoms with Crippen molar-refractivity contribution >= 4 is 28.3 Å². The van der Waals surface area contributed by atoms with E-state index in [-0.39, 0.29) is 18.2 Å². The number of hydrogen-bond acceptors (Lipinski definition) is 5. The van der Waals surface area contributed by atoms with Crippen LogP contribution in [0.4, 0.5) is 5.13 Å². The molecule has 0 aliphatic rings. The van der Waals surface area contributed by atoms with Crippen molar-refractivity contribution in [2.24, 2.45) is 0 Å². The van der Waals surface area contributed by atoms with Crippen LogP contribution in [0, 0.1) is 6.92 Å². The minimum atomic E-state index is -0.501. The number of benzene rings is 1. The maximum absolute atomic E-state index is 11.8. The van der Waals surface area contributed by atoms with Gasteiger partial charge in [0.25, 0.3) is 0 Å². The Bertz CT molecular complexity index is 620. The van der Waals surface area contributed by atoms with Gasteiger partial charge < -0.3 is 10.1 Å². The molecule has 2 rings (SSSR count). The molecule has 1 heterocycles. The number of esters is 1. The Hall–Kier alpha value is -2.21. The molecule has 0 bridgehead atoms. The Kier molecular flexibility index (Phi) is 4.47. The van der Waals surface area contributed by atoms with Crippen molar-refractivity contribution in [2.75, 3.05) is 5.32 Å². The quantitative estimate of drug-likeness (QED) is 0.879. The Labute approximate surface area is 120 Å². The predicted molar refractivity (Wildman–Crippen MR) is 76.7 cm³/mol. The molecule has 2 aromatic rings. The molecule has 1 N–H and O–H groups in total. The SMILES string of the molecule is CC(=O)Nc1nc(C(=O)OCc2ccc(C)cc2)cs1. The number of aryl methyl sites for hydroxylation is 1. The summed E-state index contributed by atoms with van der Waals surface area (Å²) in [6, 6.07) is 7.74. The fourth-order valence-electron chi connectivity index (χ4n) is 1.48. The normalized spacial score (nSPS) is 10.1. The molecule has 0 saturated carbocycles. The van der Waals surface area contributed by atoms with Gasteiger partial charge in [-0.2, -0.15) is 0 Å². The Morgan fingerprint density at radius 3 is 2.65 bits per heavy atom. The summed E-state index contributed by atoms with van der Waals surface area (Å²) in [7, 11) is 0. The van der Waals surface area contributed by atoms with Gasteiger partial charge in [-0.1, -0.05) is 29.8 Å². The molecular formula is C14H14N2O3S. The Morgan fingerprint density at radius 1 is 1.30 bits per heavy atom. The first-order chi connectivity index (χ1) is 9.54. The van der Waals surface area contributed by atoms with Crippen LogP contribution < -0.4 is 5.32 Å². The van der Waals surface area contributed by atoms with E-state index in [1.165, 1.54) is 18.3 Å². The van der Waals surface area contributed by atoms with Crippen molar-refractivity contribution in [3.8, 4) is 0 Å². The monoisotopic (exact) mass is 290 g/mol. The standard InChI is InChI=1S/C14H14N2O3S/c1-9-3-5-11(6-4-9)7-19-13(18)12-8-20-14(16-12)15-10(2)17/h3-6,8H,7H2,1-2H3,(H,15,16,17). The highest BCUT2D eigenvalue weighted by Crippen LogP contribution is 2.16. The van der Waals surface area contributed by atoms with E-state index in [2.05, 4.69) is 10.3 Å². The number of aromatic nitrogens is 1. The van der Waals surface area contributed by atoms with Gasteiger partial charge >= 0.3 is 5.97 Å². The number of ether oxygens (including phenoxy) is 1. The van der Waals surface area contributed by atoms with E-state index < -0.39 is 5.97 Å². The number of nitrogens with zero attached hydrogens (tertiary/aromatic N) is 1. The molecular weight excluding hydrogens is 276 g/mol. The summed E-state index contributed by atoms with van der Waals surface area (Å²) in [5.74, 6) is -0.725. The van der Waals surface area contributed by atoms with Crippen LogP contribution in [-0.2, 0) is 16.1 Å². The number of carbonyl (C=O) groups excluding carboxylic acids is 2. The van der Waals surface area contributed by atoms with Gasteiger partial charge in [0.2, 0.25) is 5.91 Å². The molecule has 0 spiro atoms. The first-order valence-electron chi connectivity index (χ1n) is 6.00. The molecule has 0 aliphatic heterocycles. The average molecular weight is 290 g/mol. The summed E-state index contributed by atoms with van der Waals surface area (Å²) in [4.78, 5) is 26.7. The molecule has 0 fully saturated rings. The van der Waals surface area contributed by atoms with E-state index in [4.69, 9.17) is 4.74 Å². The lowest BCUT2D eigenvalue weighted by molar-refractivity contribution is -0.114. The van der Waals surface area contributed by atoms with Crippen LogP contribution in [0.2, 0.25) is 0 Å². The highest BCUT2D eigenvalue weighted by atomic mass is 32.1. The number of carbonyl (C=O) groups is 2. The third-order valence-electron chi connectivity index (χ3n) is 2.49. The van der Waals surface area contributed by atoms with Gasteiger partial charge in [0.1, 0.15) is 6.61 Å². The number of anilines is 1. The lowest BCUT2D eigenvalue weighted by atomic mass is 10.2. The van der Waals surface area contributed by atoms with Crippen LogP contribution in [0.15, 0.2) is 29.6 Å². The van der Waals surface area contributed by atoms with E-state index in [1.54, 1.807) is 5.38 Å². The molecule has 20 heavy (non-hydrogen) atoms. The maximum atomic E-state index is 11.8. The summed E-state index contributed by atoms with van der Waals surface area (Å²) in [6.07, 6.45) is 0. The van der Waals surface area contributed by atoms with Crippen molar-refractivity contribution in [1.29, 1.82) is 0 Å². The lowest BCUT2D eigenvalue weighted by Crippen LogP contribution is -2.08. The summed E-state index contributed by atoms with van der Waals surface area (Å²) in [5.41, 5.74) is 2.27. The predicted octanol–water partition coefficient (Wildman–Crippen LogP) is 2.77. The van der Waals surface area contributed by atoms with Crippen LogP contribution in [-0.4, -0.2) is 16.9 Å². The van der Waals surface area contributed by atoms with Crippen LogP contribution in [0.1, 0.15) is 28.5 Å². The smallest absolute Gasteiger partial charge is 0.358 e. The fraction of sp³-hybridized carbons (Fsp3) is 0.214. The van der Waals surface area contributed by atoms with Gasteiger partial charge in [0.05, 0.1) is 0 Å². The number of thiazole rings is 1. The summed E-state index contributed by atoms with van der Waals surface area (Å²) < 4.78 is 5.16. The van der Waals surface area contributed by atoms with Gasteiger partial charge in [-0.25, -0.2) is 9.78 Å². The van der Waals surface area contributed by atoms with E-state index in [0.717, 1.165) is 11.1 Å². The molecule has 0 atom stereocenters. The van der Waals surface area contributed by atoms with Crippen molar-refractivity contribution in [3.63, 3.8) is 0 Å². The van der Waals surface area contributed by atoms with E-state index in [0.29, 0.717) is 5.13 Å². The van der Waals surface area contributed by atoms with Gasteiger partial charge in [-0.15, -0.1) is 11.3 Å². The van der Waals surface area contributed by atoms with Gasteiger partial charge in [-0.3, -0.25) is 4.79 Å². The second kappa shape index (κ2) is 6.29. The number of rotatable bonds is 4. The molecule has 0 aliphatic carbocycles. The van der Waals surface area contributed by atoms with Crippen LogP contribution in [0.5, 0.6) is 0 Å². The van der Waals surface area contributed by atoms with E-state index in [1.807, 2.05) is 31.2 Å². The molecule has 0 saturated heterocycles. The van der Waals surface area contributed by atoms with Crippen molar-refractivity contribution in [3.05, 3.63) is 46.5 Å². The van der Waals surface area contributed by atoms with Crippen LogP contribution in [0.25, 0.3) is 0 Å². The van der Waals surface area contributed by atoms with Crippen molar-refractivity contribution < 1.29 is 14.3 Å². The highest BCUT2D eigenvalue weighted by molar-refractivity contribution is 7.14. The zero-order chi connectivity index (χ0) is 14.5. The van der Waals surface area contributed by atoms with Crippen molar-refractivity contribution in [1.82, 2.24) is 4.98 Å². The zero-order valence-corrected chi connectivity index (χ0v) is 12.0. The Morgan fingerprint density at radius 2 is 2.00 bits per heavy atom.